The maximum absolute atomic E-state index is 12.2. The average Bonchev–Trinajstić information content (AvgIpc) is 2.98. The highest BCUT2D eigenvalue weighted by atomic mass is 35.5. The Balaban J connectivity index is 0.00000200. The quantitative estimate of drug-likeness (QED) is 0.852. The first-order valence-electron chi connectivity index (χ1n) is 6.54. The lowest BCUT2D eigenvalue weighted by atomic mass is 10.2. The predicted molar refractivity (Wildman–Crippen MR) is 78.6 cm³/mol. The fourth-order valence-electron chi connectivity index (χ4n) is 2.04. The van der Waals surface area contributed by atoms with Crippen LogP contribution in [-0.2, 0) is 26.2 Å². The topological polar surface area (TPSA) is 47.7 Å². The Labute approximate surface area is 124 Å². The molecule has 0 aliphatic heterocycles. The zero-order valence-corrected chi connectivity index (χ0v) is 12.7. The molecule has 112 valence electrons. The van der Waals surface area contributed by atoms with Crippen molar-refractivity contribution in [3.63, 3.8) is 0 Å². The molecular formula is C13H21ClFN5. The number of hydrogen-bond acceptors (Lipinski definition) is 3. The number of nitrogens with one attached hydrogen (secondary N) is 1. The molecule has 7 heteroatoms. The van der Waals surface area contributed by atoms with Crippen molar-refractivity contribution in [1.29, 1.82) is 0 Å². The molecule has 2 aromatic rings. The second kappa shape index (κ2) is 8.01. The van der Waals surface area contributed by atoms with Gasteiger partial charge in [-0.15, -0.1) is 12.4 Å². The van der Waals surface area contributed by atoms with E-state index in [1.54, 1.807) is 10.9 Å². The van der Waals surface area contributed by atoms with Crippen LogP contribution in [0.5, 0.6) is 0 Å². The highest BCUT2D eigenvalue weighted by Gasteiger charge is 2.06. The van der Waals surface area contributed by atoms with Crippen molar-refractivity contribution < 1.29 is 4.39 Å². The van der Waals surface area contributed by atoms with Crippen molar-refractivity contribution in [2.24, 2.45) is 0 Å². The zero-order valence-electron chi connectivity index (χ0n) is 11.8. The van der Waals surface area contributed by atoms with E-state index in [-0.39, 0.29) is 19.1 Å². The molecule has 0 atom stereocenters. The standard InChI is InChI=1S/C13H20FN5.ClH/c1-3-19-13(11(2)6-17-19)9-15-7-12-8-16-18(10-12)5-4-14;/h6,8,10,15H,3-5,7,9H2,1-2H3;1H. The summed E-state index contributed by atoms with van der Waals surface area (Å²) in [5, 5.41) is 11.8. The summed E-state index contributed by atoms with van der Waals surface area (Å²) >= 11 is 0. The van der Waals surface area contributed by atoms with Crippen LogP contribution in [0.15, 0.2) is 18.6 Å². The Morgan fingerprint density at radius 3 is 2.75 bits per heavy atom. The number of halogens is 2. The van der Waals surface area contributed by atoms with Gasteiger partial charge in [0, 0.05) is 31.4 Å². The second-order valence-corrected chi connectivity index (χ2v) is 4.49. The van der Waals surface area contributed by atoms with Crippen molar-refractivity contribution in [1.82, 2.24) is 24.9 Å². The molecule has 0 radical (unpaired) electrons. The lowest BCUT2D eigenvalue weighted by Crippen LogP contribution is -2.16. The van der Waals surface area contributed by atoms with Gasteiger partial charge in [0.1, 0.15) is 6.67 Å². The molecule has 0 saturated carbocycles. The van der Waals surface area contributed by atoms with Gasteiger partial charge in [-0.05, 0) is 19.4 Å². The van der Waals surface area contributed by atoms with Crippen molar-refractivity contribution in [3.05, 3.63) is 35.4 Å². The third-order valence-electron chi connectivity index (χ3n) is 3.08. The molecule has 5 nitrogen and oxygen atoms in total. The molecule has 0 aromatic carbocycles. The number of aryl methyl sites for hydroxylation is 3. The molecule has 20 heavy (non-hydrogen) atoms. The molecule has 0 bridgehead atoms. The van der Waals surface area contributed by atoms with Crippen molar-refractivity contribution in [3.8, 4) is 0 Å². The third-order valence-corrected chi connectivity index (χ3v) is 3.08. The van der Waals surface area contributed by atoms with Gasteiger partial charge < -0.3 is 5.32 Å². The summed E-state index contributed by atoms with van der Waals surface area (Å²) in [5.41, 5.74) is 3.47. The van der Waals surface area contributed by atoms with E-state index in [0.29, 0.717) is 6.54 Å². The van der Waals surface area contributed by atoms with Gasteiger partial charge in [0.05, 0.1) is 24.6 Å². The van der Waals surface area contributed by atoms with Gasteiger partial charge in [-0.25, -0.2) is 4.39 Å². The van der Waals surface area contributed by atoms with Gasteiger partial charge in [-0.2, -0.15) is 10.2 Å². The Morgan fingerprint density at radius 2 is 2.05 bits per heavy atom. The van der Waals surface area contributed by atoms with Gasteiger partial charge >= 0.3 is 0 Å². The molecule has 0 aliphatic rings. The largest absolute Gasteiger partial charge is 0.307 e. The lowest BCUT2D eigenvalue weighted by Gasteiger charge is -2.07. The van der Waals surface area contributed by atoms with E-state index < -0.39 is 0 Å². The summed E-state index contributed by atoms with van der Waals surface area (Å²) < 4.78 is 15.8. The first kappa shape index (κ1) is 16.7. The van der Waals surface area contributed by atoms with E-state index in [1.807, 2.05) is 17.1 Å². The van der Waals surface area contributed by atoms with E-state index in [9.17, 15) is 4.39 Å². The van der Waals surface area contributed by atoms with Crippen LogP contribution in [0.2, 0.25) is 0 Å². The molecule has 2 heterocycles. The number of aromatic nitrogens is 4. The number of hydrogen-bond donors (Lipinski definition) is 1. The summed E-state index contributed by atoms with van der Waals surface area (Å²) in [7, 11) is 0. The normalized spacial score (nSPS) is 10.6. The highest BCUT2D eigenvalue weighted by molar-refractivity contribution is 5.85. The maximum Gasteiger partial charge on any atom is 0.109 e. The number of rotatable bonds is 7. The van der Waals surface area contributed by atoms with Crippen LogP contribution in [0.3, 0.4) is 0 Å². The van der Waals surface area contributed by atoms with Crippen LogP contribution >= 0.6 is 12.4 Å². The Bertz CT molecular complexity index is 523. The van der Waals surface area contributed by atoms with Gasteiger partial charge in [0.2, 0.25) is 0 Å². The van der Waals surface area contributed by atoms with Crippen LogP contribution in [-0.4, -0.2) is 26.2 Å². The highest BCUT2D eigenvalue weighted by Crippen LogP contribution is 2.07. The van der Waals surface area contributed by atoms with Gasteiger partial charge in [0.15, 0.2) is 0 Å². The minimum absolute atomic E-state index is 0. The Morgan fingerprint density at radius 1 is 1.25 bits per heavy atom. The number of nitrogens with zero attached hydrogens (tertiary/aromatic N) is 4. The molecule has 0 spiro atoms. The Kier molecular flexibility index (Phi) is 6.67. The van der Waals surface area contributed by atoms with Gasteiger partial charge in [-0.1, -0.05) is 0 Å². The van der Waals surface area contributed by atoms with Crippen molar-refractivity contribution in [2.75, 3.05) is 6.67 Å². The average molecular weight is 302 g/mol. The molecule has 0 unspecified atom stereocenters. The van der Waals surface area contributed by atoms with Crippen LogP contribution in [0.4, 0.5) is 4.39 Å². The minimum Gasteiger partial charge on any atom is -0.307 e. The molecule has 2 aromatic heterocycles. The summed E-state index contributed by atoms with van der Waals surface area (Å²) in [5.74, 6) is 0. The fraction of sp³-hybridized carbons (Fsp3) is 0.538. The molecule has 0 aliphatic carbocycles. The second-order valence-electron chi connectivity index (χ2n) is 4.49. The zero-order chi connectivity index (χ0) is 13.7. The Hall–Kier alpha value is -1.40. The van der Waals surface area contributed by atoms with E-state index in [4.69, 9.17) is 0 Å². The number of alkyl halides is 1. The first-order chi connectivity index (χ1) is 9.24. The summed E-state index contributed by atoms with van der Waals surface area (Å²) in [4.78, 5) is 0. The summed E-state index contributed by atoms with van der Waals surface area (Å²) in [6, 6.07) is 0. The molecular weight excluding hydrogens is 281 g/mol. The van der Waals surface area contributed by atoms with Crippen LogP contribution < -0.4 is 5.32 Å². The lowest BCUT2D eigenvalue weighted by molar-refractivity contribution is 0.427. The predicted octanol–water partition coefficient (Wildman–Crippen LogP) is 2.09. The smallest absolute Gasteiger partial charge is 0.109 e. The van der Waals surface area contributed by atoms with Gasteiger partial charge in [-0.3, -0.25) is 9.36 Å². The van der Waals surface area contributed by atoms with E-state index in [2.05, 4.69) is 29.4 Å². The van der Waals surface area contributed by atoms with Crippen molar-refractivity contribution >= 4 is 12.4 Å². The molecule has 0 amide bonds. The molecule has 0 saturated heterocycles. The molecule has 2 rings (SSSR count). The van der Waals surface area contributed by atoms with Crippen LogP contribution in [0.25, 0.3) is 0 Å². The van der Waals surface area contributed by atoms with Crippen LogP contribution in [0.1, 0.15) is 23.7 Å². The SMILES string of the molecule is CCn1ncc(C)c1CNCc1cnn(CCF)c1.Cl. The minimum atomic E-state index is -0.385. The first-order valence-corrected chi connectivity index (χ1v) is 6.54. The summed E-state index contributed by atoms with van der Waals surface area (Å²) in [6.07, 6.45) is 5.53. The third kappa shape index (κ3) is 4.05. The molecule has 1 N–H and O–H groups in total. The van der Waals surface area contributed by atoms with Crippen LogP contribution in [0, 0.1) is 6.92 Å². The maximum atomic E-state index is 12.2. The van der Waals surface area contributed by atoms with E-state index in [0.717, 1.165) is 25.2 Å². The monoisotopic (exact) mass is 301 g/mol. The summed E-state index contributed by atoms with van der Waals surface area (Å²) in [6.45, 7) is 6.45. The van der Waals surface area contributed by atoms with E-state index in [1.165, 1.54) is 11.3 Å². The fourth-order valence-corrected chi connectivity index (χ4v) is 2.04. The van der Waals surface area contributed by atoms with E-state index >= 15 is 0 Å². The van der Waals surface area contributed by atoms with Gasteiger partial charge in [0.25, 0.3) is 0 Å². The van der Waals surface area contributed by atoms with Crippen molar-refractivity contribution in [2.45, 2.75) is 40.0 Å². The molecule has 0 fully saturated rings.